The molecule has 1 rings (SSSR count). The maximum Gasteiger partial charge on any atom is 0.390 e. The molecule has 0 saturated carbocycles. The highest BCUT2D eigenvalue weighted by Crippen LogP contribution is 2.24. The highest BCUT2D eigenvalue weighted by atomic mass is 32.2. The van der Waals surface area contributed by atoms with Crippen molar-refractivity contribution in [1.82, 2.24) is 4.72 Å². The van der Waals surface area contributed by atoms with Gasteiger partial charge in [0.05, 0.1) is 6.42 Å². The maximum absolute atomic E-state index is 13.9. The molecule has 0 aliphatic heterocycles. The lowest BCUT2D eigenvalue weighted by Gasteiger charge is -2.17. The first-order chi connectivity index (χ1) is 9.48. The van der Waals surface area contributed by atoms with Gasteiger partial charge in [-0.05, 0) is 19.1 Å². The van der Waals surface area contributed by atoms with Gasteiger partial charge in [-0.2, -0.15) is 13.2 Å². The Bertz CT molecular complexity index is 616. The molecule has 0 heterocycles. The Balaban J connectivity index is 3.09. The van der Waals surface area contributed by atoms with Gasteiger partial charge in [0.2, 0.25) is 10.0 Å². The van der Waals surface area contributed by atoms with Crippen LogP contribution in [0.15, 0.2) is 17.0 Å². The molecule has 1 unspecified atom stereocenters. The fourth-order valence-corrected chi connectivity index (χ4v) is 3.03. The van der Waals surface area contributed by atoms with Crippen LogP contribution in [0.4, 0.5) is 22.0 Å². The van der Waals surface area contributed by atoms with Crippen LogP contribution < -0.4 is 10.5 Å². The van der Waals surface area contributed by atoms with Gasteiger partial charge in [0.25, 0.3) is 0 Å². The Morgan fingerprint density at radius 2 is 1.86 bits per heavy atom. The molecule has 21 heavy (non-hydrogen) atoms. The molecule has 0 spiro atoms. The molecule has 0 aromatic heterocycles. The molecule has 0 saturated heterocycles. The minimum atomic E-state index is -4.58. The minimum absolute atomic E-state index is 0.584. The van der Waals surface area contributed by atoms with E-state index >= 15 is 0 Å². The second kappa shape index (κ2) is 6.24. The summed E-state index contributed by atoms with van der Waals surface area (Å²) in [5.74, 6) is -2.44. The third-order valence-electron chi connectivity index (χ3n) is 2.54. The molecule has 1 aromatic carbocycles. The van der Waals surface area contributed by atoms with E-state index in [4.69, 9.17) is 5.73 Å². The Morgan fingerprint density at radius 1 is 1.29 bits per heavy atom. The largest absolute Gasteiger partial charge is 0.390 e. The first-order valence-corrected chi connectivity index (χ1v) is 7.22. The quantitative estimate of drug-likeness (QED) is 0.811. The number of sulfonamides is 1. The standard InChI is InChI=1S/C11H13F5N2O2S/c1-6(4-11(14,15)16)18-21(19,20)9-3-2-8(12)7(5-17)10(9)13/h2-3,6,18H,4-5,17H2,1H3. The van der Waals surface area contributed by atoms with Gasteiger partial charge in [-0.3, -0.25) is 0 Å². The van der Waals surface area contributed by atoms with Crippen molar-refractivity contribution < 1.29 is 30.4 Å². The van der Waals surface area contributed by atoms with Gasteiger partial charge in [0.1, 0.15) is 10.7 Å². The summed E-state index contributed by atoms with van der Waals surface area (Å²) in [6.45, 7) is 0.398. The Labute approximate surface area is 118 Å². The van der Waals surface area contributed by atoms with Crippen LogP contribution in [-0.2, 0) is 16.6 Å². The highest BCUT2D eigenvalue weighted by molar-refractivity contribution is 7.89. The van der Waals surface area contributed by atoms with Crippen LogP contribution in [0.5, 0.6) is 0 Å². The minimum Gasteiger partial charge on any atom is -0.326 e. The summed E-state index contributed by atoms with van der Waals surface area (Å²) in [6, 6.07) is -0.179. The van der Waals surface area contributed by atoms with Crippen molar-refractivity contribution >= 4 is 10.0 Å². The van der Waals surface area contributed by atoms with Gasteiger partial charge in [0, 0.05) is 18.2 Å². The van der Waals surface area contributed by atoms with Crippen molar-refractivity contribution in [3.8, 4) is 0 Å². The number of hydrogen-bond donors (Lipinski definition) is 2. The smallest absolute Gasteiger partial charge is 0.326 e. The number of nitrogens with two attached hydrogens (primary N) is 1. The predicted octanol–water partition coefficient (Wildman–Crippen LogP) is 2.04. The zero-order chi connectivity index (χ0) is 16.4. The molecule has 0 amide bonds. The third kappa shape index (κ3) is 4.61. The lowest BCUT2D eigenvalue weighted by Crippen LogP contribution is -2.36. The van der Waals surface area contributed by atoms with Gasteiger partial charge in [-0.15, -0.1) is 0 Å². The first kappa shape index (κ1) is 17.8. The van der Waals surface area contributed by atoms with E-state index in [2.05, 4.69) is 0 Å². The van der Waals surface area contributed by atoms with Crippen molar-refractivity contribution in [2.75, 3.05) is 0 Å². The number of nitrogens with one attached hydrogen (secondary N) is 1. The molecule has 1 aromatic rings. The monoisotopic (exact) mass is 332 g/mol. The molecule has 10 heteroatoms. The lowest BCUT2D eigenvalue weighted by atomic mass is 10.2. The average Bonchev–Trinajstić information content (AvgIpc) is 2.25. The third-order valence-corrected chi connectivity index (χ3v) is 4.15. The van der Waals surface area contributed by atoms with Crippen LogP contribution in [0, 0.1) is 11.6 Å². The average molecular weight is 332 g/mol. The zero-order valence-electron chi connectivity index (χ0n) is 10.8. The summed E-state index contributed by atoms with van der Waals surface area (Å²) in [6.07, 6.45) is -6.00. The van der Waals surface area contributed by atoms with Crippen molar-refractivity contribution in [2.45, 2.75) is 37.0 Å². The number of alkyl halides is 3. The van der Waals surface area contributed by atoms with Crippen molar-refractivity contribution in [2.24, 2.45) is 5.73 Å². The SMILES string of the molecule is CC(CC(F)(F)F)NS(=O)(=O)c1ccc(F)c(CN)c1F. The van der Waals surface area contributed by atoms with E-state index in [1.165, 1.54) is 0 Å². The topological polar surface area (TPSA) is 72.2 Å². The van der Waals surface area contributed by atoms with E-state index in [1.807, 2.05) is 0 Å². The molecule has 0 fully saturated rings. The van der Waals surface area contributed by atoms with Crippen molar-refractivity contribution in [3.63, 3.8) is 0 Å². The number of benzene rings is 1. The van der Waals surface area contributed by atoms with Crippen LogP contribution in [0.25, 0.3) is 0 Å². The second-order valence-electron chi connectivity index (χ2n) is 4.38. The van der Waals surface area contributed by atoms with E-state index < -0.39 is 57.3 Å². The summed E-state index contributed by atoms with van der Waals surface area (Å²) in [5.41, 5.74) is 4.45. The Kier molecular flexibility index (Phi) is 5.29. The summed E-state index contributed by atoms with van der Waals surface area (Å²) in [4.78, 5) is -0.946. The van der Waals surface area contributed by atoms with E-state index in [0.29, 0.717) is 12.1 Å². The molecule has 120 valence electrons. The molecule has 4 nitrogen and oxygen atoms in total. The van der Waals surface area contributed by atoms with Crippen LogP contribution in [0.3, 0.4) is 0 Å². The van der Waals surface area contributed by atoms with Crippen LogP contribution >= 0.6 is 0 Å². The summed E-state index contributed by atoms with van der Waals surface area (Å²) >= 11 is 0. The van der Waals surface area contributed by atoms with Crippen molar-refractivity contribution in [1.29, 1.82) is 0 Å². The van der Waals surface area contributed by atoms with Gasteiger partial charge >= 0.3 is 6.18 Å². The predicted molar refractivity (Wildman–Crippen MR) is 64.7 cm³/mol. The normalized spacial score (nSPS) is 14.2. The fraction of sp³-hybridized carbons (Fsp3) is 0.455. The maximum atomic E-state index is 13.9. The molecule has 0 aliphatic rings. The molecule has 0 radical (unpaired) electrons. The molecular weight excluding hydrogens is 319 g/mol. The van der Waals surface area contributed by atoms with Crippen LogP contribution in [0.2, 0.25) is 0 Å². The Morgan fingerprint density at radius 3 is 2.33 bits per heavy atom. The number of hydrogen-bond acceptors (Lipinski definition) is 3. The van der Waals surface area contributed by atoms with E-state index in [9.17, 15) is 30.4 Å². The van der Waals surface area contributed by atoms with Gasteiger partial charge in [-0.25, -0.2) is 21.9 Å². The zero-order valence-corrected chi connectivity index (χ0v) is 11.7. The molecular formula is C11H13F5N2O2S. The van der Waals surface area contributed by atoms with Crippen molar-refractivity contribution in [3.05, 3.63) is 29.3 Å². The van der Waals surface area contributed by atoms with Crippen LogP contribution in [0.1, 0.15) is 18.9 Å². The highest BCUT2D eigenvalue weighted by Gasteiger charge is 2.33. The Hall–Kier alpha value is -1.26. The van der Waals surface area contributed by atoms with Gasteiger partial charge in [-0.1, -0.05) is 0 Å². The lowest BCUT2D eigenvalue weighted by molar-refractivity contribution is -0.137. The molecule has 0 aliphatic carbocycles. The van der Waals surface area contributed by atoms with E-state index in [0.717, 1.165) is 6.92 Å². The van der Waals surface area contributed by atoms with E-state index in [-0.39, 0.29) is 0 Å². The van der Waals surface area contributed by atoms with Gasteiger partial charge in [0.15, 0.2) is 5.82 Å². The first-order valence-electron chi connectivity index (χ1n) is 5.74. The van der Waals surface area contributed by atoms with Gasteiger partial charge < -0.3 is 5.73 Å². The summed E-state index contributed by atoms with van der Waals surface area (Å²) in [7, 11) is -4.56. The summed E-state index contributed by atoms with van der Waals surface area (Å²) in [5, 5.41) is 0. The summed E-state index contributed by atoms with van der Waals surface area (Å²) < 4.78 is 88.9. The molecule has 1 atom stereocenters. The van der Waals surface area contributed by atoms with Crippen LogP contribution in [-0.4, -0.2) is 20.6 Å². The van der Waals surface area contributed by atoms with E-state index in [1.54, 1.807) is 4.72 Å². The second-order valence-corrected chi connectivity index (χ2v) is 6.07. The number of halogens is 5. The fourth-order valence-electron chi connectivity index (χ4n) is 1.69. The molecule has 0 bridgehead atoms. The number of rotatable bonds is 5. The molecule has 3 N–H and O–H groups in total.